The number of aromatic nitrogens is 1. The number of H-pyrrole nitrogens is 1. The molecule has 0 unspecified atom stereocenters. The normalized spacial score (nSPS) is 18.8. The van der Waals surface area contributed by atoms with Gasteiger partial charge in [-0.05, 0) is 95.7 Å². The number of aryl methyl sites for hydroxylation is 2. The number of nitrogens with zero attached hydrogens (tertiary/aromatic N) is 2. The summed E-state index contributed by atoms with van der Waals surface area (Å²) in [5, 5.41) is 6.73. The number of carbonyl (C=O) groups excluding carboxylic acids is 1. The molecule has 0 spiro atoms. The molecule has 4 rings (SSSR count). The van der Waals surface area contributed by atoms with Crippen molar-refractivity contribution < 1.29 is 14.3 Å². The molecule has 2 aromatic rings. The van der Waals surface area contributed by atoms with Crippen LogP contribution in [0.1, 0.15) is 77.3 Å². The Morgan fingerprint density at radius 3 is 2.57 bits per heavy atom. The Labute approximate surface area is 263 Å². The lowest BCUT2D eigenvalue weighted by Gasteiger charge is -2.39. The molecule has 0 bridgehead atoms. The summed E-state index contributed by atoms with van der Waals surface area (Å²) in [6.07, 6.45) is 5.48. The van der Waals surface area contributed by atoms with E-state index in [2.05, 4.69) is 50.2 Å². The minimum Gasteiger partial charge on any atom is -0.385 e. The van der Waals surface area contributed by atoms with Gasteiger partial charge in [0.15, 0.2) is 0 Å². The van der Waals surface area contributed by atoms with Crippen molar-refractivity contribution in [2.45, 2.75) is 78.4 Å². The summed E-state index contributed by atoms with van der Waals surface area (Å²) in [6, 6.07) is 6.93. The molecule has 9 nitrogen and oxygen atoms in total. The van der Waals surface area contributed by atoms with Crippen LogP contribution in [-0.2, 0) is 16.0 Å². The minimum atomic E-state index is -0.194. The fraction of sp³-hybridized carbons (Fsp3) is 0.600. The van der Waals surface area contributed by atoms with Gasteiger partial charge in [-0.2, -0.15) is 0 Å². The Kier molecular flexibility index (Phi) is 12.9. The average molecular weight is 606 g/mol. The summed E-state index contributed by atoms with van der Waals surface area (Å²) in [4.78, 5) is 33.9. The van der Waals surface area contributed by atoms with Crippen LogP contribution in [0.4, 0.5) is 5.69 Å². The Morgan fingerprint density at radius 2 is 1.89 bits per heavy atom. The van der Waals surface area contributed by atoms with E-state index in [9.17, 15) is 9.59 Å². The van der Waals surface area contributed by atoms with Gasteiger partial charge in [0.05, 0.1) is 19.8 Å². The summed E-state index contributed by atoms with van der Waals surface area (Å²) in [5.41, 5.74) is 5.53. The quantitative estimate of drug-likeness (QED) is 0.251. The maximum atomic E-state index is 13.7. The number of hydrogen-bond donors (Lipinski definition) is 3. The molecule has 2 aliphatic rings. The number of rotatable bonds is 12. The summed E-state index contributed by atoms with van der Waals surface area (Å²) < 4.78 is 10.7. The number of ether oxygens (including phenoxy) is 2. The van der Waals surface area contributed by atoms with E-state index in [1.165, 1.54) is 0 Å². The predicted molar refractivity (Wildman–Crippen MR) is 177 cm³/mol. The van der Waals surface area contributed by atoms with Crippen molar-refractivity contribution in [3.05, 3.63) is 62.1 Å². The van der Waals surface area contributed by atoms with Crippen molar-refractivity contribution in [2.24, 2.45) is 0 Å². The van der Waals surface area contributed by atoms with Crippen LogP contribution in [-0.4, -0.2) is 87.5 Å². The topological polar surface area (TPSA) is 98.9 Å². The maximum absolute atomic E-state index is 13.7. The first-order chi connectivity index (χ1) is 21.3. The number of nitrogens with one attached hydrogen (secondary N) is 3. The van der Waals surface area contributed by atoms with E-state index in [1.54, 1.807) is 7.11 Å². The van der Waals surface area contributed by atoms with E-state index in [4.69, 9.17) is 9.47 Å². The van der Waals surface area contributed by atoms with Crippen molar-refractivity contribution in [3.8, 4) is 11.8 Å². The highest BCUT2D eigenvalue weighted by atomic mass is 16.5. The van der Waals surface area contributed by atoms with Gasteiger partial charge >= 0.3 is 0 Å². The number of benzene rings is 1. The standard InChI is InChI=1S/C35H51N5O4/c1-6-40(30-12-10-29(11-13-30)36-14-8-18-43-5)33-23-28(9-7-15-39-16-19-44-20-17-39)22-31(27(33)4)34(41)37-24-32-25(2)21-26(3)38-35(32)42/h21-23,29-30,36H,6,8,10-20,24H2,1-5H3,(H,37,41)(H,38,42). The second kappa shape index (κ2) is 16.8. The molecule has 0 radical (unpaired) electrons. The average Bonchev–Trinajstić information content (AvgIpc) is 3.01. The Balaban J connectivity index is 1.56. The maximum Gasteiger partial charge on any atom is 0.253 e. The molecule has 1 aromatic heterocycles. The van der Waals surface area contributed by atoms with Gasteiger partial charge in [0.2, 0.25) is 0 Å². The molecule has 0 atom stereocenters. The van der Waals surface area contributed by atoms with E-state index >= 15 is 0 Å². The van der Waals surface area contributed by atoms with Crippen molar-refractivity contribution in [2.75, 3.05) is 64.6 Å². The first kappa shape index (κ1) is 33.7. The zero-order valence-electron chi connectivity index (χ0n) is 27.3. The third kappa shape index (κ3) is 9.18. The van der Waals surface area contributed by atoms with Gasteiger partial charge < -0.3 is 30.0 Å². The predicted octanol–water partition coefficient (Wildman–Crippen LogP) is 3.68. The van der Waals surface area contributed by atoms with Gasteiger partial charge in [0.1, 0.15) is 0 Å². The molecule has 240 valence electrons. The van der Waals surface area contributed by atoms with Gasteiger partial charge in [-0.25, -0.2) is 0 Å². The summed E-state index contributed by atoms with van der Waals surface area (Å²) >= 11 is 0. The summed E-state index contributed by atoms with van der Waals surface area (Å²) in [6.45, 7) is 14.7. The molecule has 1 aliphatic carbocycles. The number of hydrogen-bond acceptors (Lipinski definition) is 7. The van der Waals surface area contributed by atoms with Crippen molar-refractivity contribution >= 4 is 11.6 Å². The van der Waals surface area contributed by atoms with E-state index in [0.717, 1.165) is 106 Å². The van der Waals surface area contributed by atoms with E-state index in [-0.39, 0.29) is 18.0 Å². The molecule has 1 amide bonds. The van der Waals surface area contributed by atoms with Crippen molar-refractivity contribution in [1.82, 2.24) is 20.5 Å². The zero-order chi connectivity index (χ0) is 31.5. The molecule has 2 heterocycles. The molecular formula is C35H51N5O4. The SMILES string of the molecule is CCN(c1cc(C#CCN2CCOCC2)cc(C(=O)NCc2c(C)cc(C)[nH]c2=O)c1C)C1CCC(NCCCOC)CC1. The molecule has 3 N–H and O–H groups in total. The van der Waals surface area contributed by atoms with Crippen LogP contribution >= 0.6 is 0 Å². The number of amides is 1. The highest BCUT2D eigenvalue weighted by molar-refractivity contribution is 5.97. The lowest BCUT2D eigenvalue weighted by Crippen LogP contribution is -2.43. The third-order valence-corrected chi connectivity index (χ3v) is 8.93. The summed E-state index contributed by atoms with van der Waals surface area (Å²) in [7, 11) is 1.75. The molecule has 1 saturated heterocycles. The largest absolute Gasteiger partial charge is 0.385 e. The Bertz CT molecular complexity index is 1360. The highest BCUT2D eigenvalue weighted by Crippen LogP contribution is 2.32. The fourth-order valence-electron chi connectivity index (χ4n) is 6.42. The second-order valence-electron chi connectivity index (χ2n) is 12.1. The van der Waals surface area contributed by atoms with Crippen LogP contribution in [0.2, 0.25) is 0 Å². The Morgan fingerprint density at radius 1 is 1.14 bits per heavy atom. The van der Waals surface area contributed by atoms with Gasteiger partial charge in [0, 0.05) is 80.1 Å². The van der Waals surface area contributed by atoms with Gasteiger partial charge in [0.25, 0.3) is 11.5 Å². The molecule has 9 heteroatoms. The molecule has 1 aliphatic heterocycles. The van der Waals surface area contributed by atoms with Gasteiger partial charge in [-0.3, -0.25) is 14.5 Å². The first-order valence-electron chi connectivity index (χ1n) is 16.2. The molecule has 44 heavy (non-hydrogen) atoms. The van der Waals surface area contributed by atoms with Crippen LogP contribution in [0.25, 0.3) is 0 Å². The van der Waals surface area contributed by atoms with Crippen molar-refractivity contribution in [3.63, 3.8) is 0 Å². The number of carbonyl (C=O) groups is 1. The summed E-state index contributed by atoms with van der Waals surface area (Å²) in [5.74, 6) is 6.51. The molecule has 1 aromatic carbocycles. The molecule has 1 saturated carbocycles. The zero-order valence-corrected chi connectivity index (χ0v) is 27.3. The molecular weight excluding hydrogens is 554 g/mol. The van der Waals surface area contributed by atoms with Crippen LogP contribution in [0, 0.1) is 32.6 Å². The van der Waals surface area contributed by atoms with Crippen molar-refractivity contribution in [1.29, 1.82) is 0 Å². The van der Waals surface area contributed by atoms with Gasteiger partial charge in [-0.1, -0.05) is 11.8 Å². The van der Waals surface area contributed by atoms with E-state index in [0.29, 0.717) is 29.8 Å². The minimum absolute atomic E-state index is 0.163. The van der Waals surface area contributed by atoms with Gasteiger partial charge in [-0.15, -0.1) is 0 Å². The van der Waals surface area contributed by atoms with Crippen LogP contribution in [0.3, 0.4) is 0 Å². The first-order valence-corrected chi connectivity index (χ1v) is 16.2. The monoisotopic (exact) mass is 605 g/mol. The second-order valence-corrected chi connectivity index (χ2v) is 12.1. The van der Waals surface area contributed by atoms with Crippen LogP contribution in [0.15, 0.2) is 23.0 Å². The molecule has 2 fully saturated rings. The lowest BCUT2D eigenvalue weighted by molar-refractivity contribution is 0.0443. The highest BCUT2D eigenvalue weighted by Gasteiger charge is 2.27. The lowest BCUT2D eigenvalue weighted by atomic mass is 9.89. The fourth-order valence-corrected chi connectivity index (χ4v) is 6.42. The number of pyridine rings is 1. The number of aromatic amines is 1. The van der Waals surface area contributed by atoms with E-state index < -0.39 is 0 Å². The third-order valence-electron chi connectivity index (χ3n) is 8.93. The number of methoxy groups -OCH3 is 1. The van der Waals surface area contributed by atoms with Crippen LogP contribution in [0.5, 0.6) is 0 Å². The number of morpholine rings is 1. The van der Waals surface area contributed by atoms with E-state index in [1.807, 2.05) is 32.9 Å². The Hall–Kier alpha value is -3.16. The smallest absolute Gasteiger partial charge is 0.253 e. The number of anilines is 1. The van der Waals surface area contributed by atoms with Crippen LogP contribution < -0.4 is 21.1 Å².